The van der Waals surface area contributed by atoms with Crippen LogP contribution in [-0.2, 0) is 0 Å². The van der Waals surface area contributed by atoms with Gasteiger partial charge in [0.1, 0.15) is 11.0 Å². The molecule has 94 valence electrons. The Morgan fingerprint density at radius 2 is 2.28 bits per heavy atom. The van der Waals surface area contributed by atoms with E-state index in [-0.39, 0.29) is 18.6 Å². The van der Waals surface area contributed by atoms with Crippen LogP contribution in [0.3, 0.4) is 0 Å². The van der Waals surface area contributed by atoms with Crippen LogP contribution in [-0.4, -0.2) is 50.5 Å². The van der Waals surface area contributed by atoms with Crippen molar-refractivity contribution in [2.75, 3.05) is 13.2 Å². The first-order valence-electron chi connectivity index (χ1n) is 6.02. The number of aliphatic hydroxyl groups is 1. The molecule has 2 heterocycles. The van der Waals surface area contributed by atoms with Crippen LogP contribution in [0, 0.1) is 0 Å². The molecule has 6 heteroatoms. The molecule has 1 aromatic carbocycles. The van der Waals surface area contributed by atoms with Gasteiger partial charge in [-0.25, -0.2) is 0 Å². The van der Waals surface area contributed by atoms with Gasteiger partial charge in [-0.05, 0) is 31.0 Å². The lowest BCUT2D eigenvalue weighted by Gasteiger charge is -2.22. The minimum Gasteiger partial charge on any atom is -0.394 e. The standard InChI is InChI=1S/C12H14N4O2/c17-7-9-2-1-5-16(9)12(18)8-3-4-10-11(6-8)14-15-13-10/h3-4,6,9,17H,1-2,5,7H2,(H,13,14,15)/t9-/m1/s1. The van der Waals surface area contributed by atoms with E-state index in [0.29, 0.717) is 17.6 Å². The number of aliphatic hydroxyl groups excluding tert-OH is 1. The Balaban J connectivity index is 1.91. The van der Waals surface area contributed by atoms with E-state index in [0.717, 1.165) is 18.4 Å². The number of aromatic amines is 1. The number of carbonyl (C=O) groups excluding carboxylic acids is 1. The number of carbonyl (C=O) groups is 1. The van der Waals surface area contributed by atoms with Gasteiger partial charge >= 0.3 is 0 Å². The van der Waals surface area contributed by atoms with Crippen LogP contribution in [0.4, 0.5) is 0 Å². The van der Waals surface area contributed by atoms with Crippen LogP contribution >= 0.6 is 0 Å². The van der Waals surface area contributed by atoms with Crippen LogP contribution in [0.5, 0.6) is 0 Å². The first kappa shape index (κ1) is 11.2. The summed E-state index contributed by atoms with van der Waals surface area (Å²) in [6.07, 6.45) is 1.82. The van der Waals surface area contributed by atoms with E-state index in [4.69, 9.17) is 0 Å². The molecular formula is C12H14N4O2. The Hall–Kier alpha value is -1.95. The number of hydrogen-bond acceptors (Lipinski definition) is 4. The summed E-state index contributed by atoms with van der Waals surface area (Å²) in [7, 11) is 0. The summed E-state index contributed by atoms with van der Waals surface area (Å²) in [6.45, 7) is 0.735. The van der Waals surface area contributed by atoms with E-state index in [1.165, 1.54) is 0 Å². The second-order valence-electron chi connectivity index (χ2n) is 4.50. The molecule has 18 heavy (non-hydrogen) atoms. The molecule has 0 bridgehead atoms. The predicted octanol–water partition coefficient (Wildman–Crippen LogP) is 0.555. The number of nitrogens with one attached hydrogen (secondary N) is 1. The largest absolute Gasteiger partial charge is 0.394 e. The van der Waals surface area contributed by atoms with Crippen molar-refractivity contribution < 1.29 is 9.90 Å². The molecular weight excluding hydrogens is 232 g/mol. The number of fused-ring (bicyclic) bond motifs is 1. The lowest BCUT2D eigenvalue weighted by Crippen LogP contribution is -2.37. The van der Waals surface area contributed by atoms with Gasteiger partial charge in [0.15, 0.2) is 0 Å². The molecule has 3 rings (SSSR count). The number of benzene rings is 1. The Kier molecular flexibility index (Phi) is 2.71. The Morgan fingerprint density at radius 3 is 3.11 bits per heavy atom. The fourth-order valence-electron chi connectivity index (χ4n) is 2.43. The highest BCUT2D eigenvalue weighted by molar-refractivity contribution is 5.97. The van der Waals surface area contributed by atoms with Gasteiger partial charge in [0.25, 0.3) is 5.91 Å². The fourth-order valence-corrected chi connectivity index (χ4v) is 2.43. The Labute approximate surface area is 104 Å². The van der Waals surface area contributed by atoms with Gasteiger partial charge in [0, 0.05) is 12.1 Å². The maximum absolute atomic E-state index is 12.3. The topological polar surface area (TPSA) is 82.1 Å². The first-order chi connectivity index (χ1) is 8.79. The molecule has 1 atom stereocenters. The minimum atomic E-state index is -0.0505. The molecule has 1 aliphatic rings. The van der Waals surface area contributed by atoms with Gasteiger partial charge in [0.2, 0.25) is 0 Å². The summed E-state index contributed by atoms with van der Waals surface area (Å²) in [5.74, 6) is -0.0450. The SMILES string of the molecule is O=C(c1ccc2n[nH]nc2c1)N1CCC[C@@H]1CO. The molecule has 1 amide bonds. The maximum Gasteiger partial charge on any atom is 0.254 e. The highest BCUT2D eigenvalue weighted by Gasteiger charge is 2.28. The number of rotatable bonds is 2. The zero-order chi connectivity index (χ0) is 12.5. The number of H-pyrrole nitrogens is 1. The van der Waals surface area contributed by atoms with E-state index >= 15 is 0 Å². The van der Waals surface area contributed by atoms with Crippen LogP contribution in [0.15, 0.2) is 18.2 Å². The molecule has 0 spiro atoms. The number of nitrogens with zero attached hydrogens (tertiary/aromatic N) is 3. The summed E-state index contributed by atoms with van der Waals surface area (Å²) in [5, 5.41) is 19.7. The van der Waals surface area contributed by atoms with Gasteiger partial charge < -0.3 is 10.0 Å². The third-order valence-electron chi connectivity index (χ3n) is 3.41. The van der Waals surface area contributed by atoms with Gasteiger partial charge in [-0.15, -0.1) is 0 Å². The van der Waals surface area contributed by atoms with Crippen LogP contribution in [0.25, 0.3) is 11.0 Å². The predicted molar refractivity (Wildman–Crippen MR) is 65.0 cm³/mol. The molecule has 0 aliphatic carbocycles. The average molecular weight is 246 g/mol. The average Bonchev–Trinajstić information content (AvgIpc) is 3.05. The fraction of sp³-hybridized carbons (Fsp3) is 0.417. The van der Waals surface area contributed by atoms with Crippen LogP contribution in [0.2, 0.25) is 0 Å². The van der Waals surface area contributed by atoms with Crippen molar-refractivity contribution in [2.24, 2.45) is 0 Å². The zero-order valence-electron chi connectivity index (χ0n) is 9.83. The van der Waals surface area contributed by atoms with Crippen molar-refractivity contribution in [1.29, 1.82) is 0 Å². The summed E-state index contributed by atoms with van der Waals surface area (Å²) >= 11 is 0. The van der Waals surface area contributed by atoms with Crippen molar-refractivity contribution in [3.8, 4) is 0 Å². The molecule has 0 radical (unpaired) electrons. The Bertz CT molecular complexity index is 580. The van der Waals surface area contributed by atoms with Gasteiger partial charge in [-0.1, -0.05) is 0 Å². The first-order valence-corrected chi connectivity index (χ1v) is 6.02. The van der Waals surface area contributed by atoms with Crippen LogP contribution in [0.1, 0.15) is 23.2 Å². The second kappa shape index (κ2) is 4.38. The normalized spacial score (nSPS) is 19.6. The van der Waals surface area contributed by atoms with Gasteiger partial charge in [-0.2, -0.15) is 15.4 Å². The molecule has 6 nitrogen and oxygen atoms in total. The van der Waals surface area contributed by atoms with Crippen molar-refractivity contribution >= 4 is 16.9 Å². The molecule has 2 aromatic rings. The van der Waals surface area contributed by atoms with E-state index < -0.39 is 0 Å². The minimum absolute atomic E-state index is 0.0257. The van der Waals surface area contributed by atoms with E-state index in [1.54, 1.807) is 23.1 Å². The maximum atomic E-state index is 12.3. The summed E-state index contributed by atoms with van der Waals surface area (Å²) in [5.41, 5.74) is 2.02. The summed E-state index contributed by atoms with van der Waals surface area (Å²) < 4.78 is 0. The monoisotopic (exact) mass is 246 g/mol. The summed E-state index contributed by atoms with van der Waals surface area (Å²) in [6, 6.07) is 5.20. The second-order valence-corrected chi connectivity index (χ2v) is 4.50. The summed E-state index contributed by atoms with van der Waals surface area (Å²) in [4.78, 5) is 14.1. The number of amides is 1. The molecule has 1 aromatic heterocycles. The molecule has 2 N–H and O–H groups in total. The third-order valence-corrected chi connectivity index (χ3v) is 3.41. The van der Waals surface area contributed by atoms with E-state index in [1.807, 2.05) is 0 Å². The van der Waals surface area contributed by atoms with Gasteiger partial charge in [0.05, 0.1) is 12.6 Å². The Morgan fingerprint density at radius 1 is 1.44 bits per heavy atom. The molecule has 1 aliphatic heterocycles. The number of hydrogen-bond donors (Lipinski definition) is 2. The zero-order valence-corrected chi connectivity index (χ0v) is 9.83. The number of likely N-dealkylation sites (tertiary alicyclic amines) is 1. The molecule has 1 fully saturated rings. The lowest BCUT2D eigenvalue weighted by molar-refractivity contribution is 0.0678. The molecule has 1 saturated heterocycles. The van der Waals surface area contributed by atoms with Gasteiger partial charge in [-0.3, -0.25) is 4.79 Å². The van der Waals surface area contributed by atoms with Crippen LogP contribution < -0.4 is 0 Å². The molecule has 0 unspecified atom stereocenters. The molecule has 0 saturated carbocycles. The van der Waals surface area contributed by atoms with Crippen molar-refractivity contribution in [3.63, 3.8) is 0 Å². The quantitative estimate of drug-likeness (QED) is 0.811. The smallest absolute Gasteiger partial charge is 0.254 e. The van der Waals surface area contributed by atoms with E-state index in [2.05, 4.69) is 15.4 Å². The third kappa shape index (κ3) is 1.74. The lowest BCUT2D eigenvalue weighted by atomic mass is 10.1. The number of aromatic nitrogens is 3. The highest BCUT2D eigenvalue weighted by Crippen LogP contribution is 2.21. The van der Waals surface area contributed by atoms with Crippen molar-refractivity contribution in [3.05, 3.63) is 23.8 Å². The van der Waals surface area contributed by atoms with Crippen molar-refractivity contribution in [2.45, 2.75) is 18.9 Å². The van der Waals surface area contributed by atoms with Crippen molar-refractivity contribution in [1.82, 2.24) is 20.3 Å². The van der Waals surface area contributed by atoms with E-state index in [9.17, 15) is 9.90 Å². The highest BCUT2D eigenvalue weighted by atomic mass is 16.3.